The first kappa shape index (κ1) is 15.7. The molecule has 0 fully saturated rings. The summed E-state index contributed by atoms with van der Waals surface area (Å²) in [5.74, 6) is -3.40. The van der Waals surface area contributed by atoms with Crippen molar-refractivity contribution in [1.82, 2.24) is 5.32 Å². The number of carboxylic acids is 2. The highest BCUT2D eigenvalue weighted by atomic mass is 127. The van der Waals surface area contributed by atoms with Crippen molar-refractivity contribution in [3.63, 3.8) is 0 Å². The van der Waals surface area contributed by atoms with Crippen LogP contribution >= 0.6 is 34.2 Å². The van der Waals surface area contributed by atoms with E-state index in [2.05, 4.69) is 5.32 Å². The molecule has 0 heterocycles. The third-order valence-corrected chi connectivity index (χ3v) is 3.33. The van der Waals surface area contributed by atoms with Crippen LogP contribution in [0.25, 0.3) is 0 Å². The first-order valence-electron chi connectivity index (χ1n) is 5.01. The average molecular weight is 398 g/mol. The zero-order valence-corrected chi connectivity index (χ0v) is 12.3. The maximum atomic E-state index is 11.9. The highest BCUT2D eigenvalue weighted by Crippen LogP contribution is 2.18. The van der Waals surface area contributed by atoms with Gasteiger partial charge >= 0.3 is 11.9 Å². The normalized spacial score (nSPS) is 11.7. The van der Waals surface area contributed by atoms with Crippen LogP contribution in [0.5, 0.6) is 0 Å². The summed E-state index contributed by atoms with van der Waals surface area (Å²) in [6.07, 6.45) is -0.696. The summed E-state index contributed by atoms with van der Waals surface area (Å²) in [6, 6.07) is 3.09. The number of hydrogen-bond acceptors (Lipinski definition) is 3. The van der Waals surface area contributed by atoms with E-state index in [0.717, 1.165) is 0 Å². The van der Waals surface area contributed by atoms with E-state index < -0.39 is 30.3 Å². The number of rotatable bonds is 5. The molecule has 1 rings (SSSR count). The Morgan fingerprint density at radius 3 is 2.47 bits per heavy atom. The van der Waals surface area contributed by atoms with Gasteiger partial charge in [-0.15, -0.1) is 0 Å². The lowest BCUT2D eigenvalue weighted by Crippen LogP contribution is -2.42. The summed E-state index contributed by atoms with van der Waals surface area (Å²) >= 11 is 7.65. The van der Waals surface area contributed by atoms with E-state index >= 15 is 0 Å². The molecule has 0 spiro atoms. The topological polar surface area (TPSA) is 104 Å². The molecule has 0 saturated heterocycles. The van der Waals surface area contributed by atoms with Crippen LogP contribution in [-0.4, -0.2) is 34.1 Å². The quantitative estimate of drug-likeness (QED) is 0.655. The number of aliphatic carboxylic acids is 2. The molecular weight excluding hydrogens is 388 g/mol. The summed E-state index contributed by atoms with van der Waals surface area (Å²) in [6.45, 7) is 0. The van der Waals surface area contributed by atoms with Crippen LogP contribution in [0.15, 0.2) is 18.2 Å². The number of halogens is 2. The summed E-state index contributed by atoms with van der Waals surface area (Å²) in [5.41, 5.74) is 0.199. The molecule has 0 bridgehead atoms. The van der Waals surface area contributed by atoms with Crippen LogP contribution in [0.3, 0.4) is 0 Å². The van der Waals surface area contributed by atoms with E-state index in [1.54, 1.807) is 12.1 Å². The van der Waals surface area contributed by atoms with Crippen LogP contribution in [0.1, 0.15) is 16.8 Å². The highest BCUT2D eigenvalue weighted by molar-refractivity contribution is 14.1. The van der Waals surface area contributed by atoms with E-state index in [-0.39, 0.29) is 5.56 Å². The molecule has 102 valence electrons. The first-order chi connectivity index (χ1) is 8.81. The minimum absolute atomic E-state index is 0.199. The Hall–Kier alpha value is -1.35. The molecule has 0 unspecified atom stereocenters. The first-order valence-corrected chi connectivity index (χ1v) is 6.47. The zero-order chi connectivity index (χ0) is 14.6. The average Bonchev–Trinajstić information content (AvgIpc) is 2.30. The Morgan fingerprint density at radius 2 is 1.95 bits per heavy atom. The molecule has 3 N–H and O–H groups in total. The maximum absolute atomic E-state index is 11.9. The van der Waals surface area contributed by atoms with Gasteiger partial charge in [0.2, 0.25) is 0 Å². The second-order valence-electron chi connectivity index (χ2n) is 3.59. The third-order valence-electron chi connectivity index (χ3n) is 2.16. The molecule has 1 amide bonds. The van der Waals surface area contributed by atoms with Crippen molar-refractivity contribution in [1.29, 1.82) is 0 Å². The van der Waals surface area contributed by atoms with E-state index in [1.807, 2.05) is 22.6 Å². The maximum Gasteiger partial charge on any atom is 0.326 e. The molecule has 19 heavy (non-hydrogen) atoms. The van der Waals surface area contributed by atoms with E-state index in [4.69, 9.17) is 21.8 Å². The standard InChI is InChI=1S/C11H9ClINO5/c12-5-1-2-7(13)6(3-5)10(17)14-8(11(18)19)4-9(15)16/h1-3,8H,4H2,(H,14,17)(H,15,16)(H,18,19)/t8-/m1/s1. The van der Waals surface area contributed by atoms with Crippen LogP contribution in [-0.2, 0) is 9.59 Å². The van der Waals surface area contributed by atoms with Gasteiger partial charge in [-0.2, -0.15) is 0 Å². The Labute approximate surface area is 126 Å². The van der Waals surface area contributed by atoms with Gasteiger partial charge in [0.05, 0.1) is 12.0 Å². The fourth-order valence-electron chi connectivity index (χ4n) is 1.28. The van der Waals surface area contributed by atoms with Crippen molar-refractivity contribution in [2.45, 2.75) is 12.5 Å². The number of carbonyl (C=O) groups is 3. The van der Waals surface area contributed by atoms with Gasteiger partial charge in [-0.3, -0.25) is 9.59 Å². The molecule has 0 radical (unpaired) electrons. The van der Waals surface area contributed by atoms with Crippen LogP contribution < -0.4 is 5.32 Å². The lowest BCUT2D eigenvalue weighted by atomic mass is 10.1. The predicted molar refractivity (Wildman–Crippen MR) is 75.3 cm³/mol. The van der Waals surface area contributed by atoms with Gasteiger partial charge in [-0.05, 0) is 40.8 Å². The minimum atomic E-state index is -1.49. The van der Waals surface area contributed by atoms with E-state index in [9.17, 15) is 14.4 Å². The zero-order valence-electron chi connectivity index (χ0n) is 9.39. The molecular formula is C11H9ClINO5. The lowest BCUT2D eigenvalue weighted by Gasteiger charge is -2.13. The minimum Gasteiger partial charge on any atom is -0.481 e. The van der Waals surface area contributed by atoms with Gasteiger partial charge in [-0.1, -0.05) is 11.6 Å². The van der Waals surface area contributed by atoms with Gasteiger partial charge in [0.25, 0.3) is 5.91 Å². The Balaban J connectivity index is 2.90. The molecule has 1 aromatic rings. The van der Waals surface area contributed by atoms with Gasteiger partial charge in [0, 0.05) is 8.59 Å². The molecule has 0 aliphatic heterocycles. The lowest BCUT2D eigenvalue weighted by molar-refractivity contribution is -0.145. The number of carboxylic acid groups (broad SMARTS) is 2. The van der Waals surface area contributed by atoms with E-state index in [1.165, 1.54) is 6.07 Å². The number of amides is 1. The second-order valence-corrected chi connectivity index (χ2v) is 5.18. The van der Waals surface area contributed by atoms with Gasteiger partial charge in [0.1, 0.15) is 6.04 Å². The van der Waals surface area contributed by atoms with Crippen molar-refractivity contribution >= 4 is 52.0 Å². The van der Waals surface area contributed by atoms with Crippen LogP contribution in [0.4, 0.5) is 0 Å². The summed E-state index contributed by atoms with van der Waals surface area (Å²) in [4.78, 5) is 33.2. The van der Waals surface area contributed by atoms with Crippen molar-refractivity contribution < 1.29 is 24.6 Å². The van der Waals surface area contributed by atoms with Crippen LogP contribution in [0, 0.1) is 3.57 Å². The third kappa shape index (κ3) is 4.67. The number of nitrogens with one attached hydrogen (secondary N) is 1. The SMILES string of the molecule is O=C(O)C[C@@H](NC(=O)c1cc(Cl)ccc1I)C(=O)O. The van der Waals surface area contributed by atoms with Crippen molar-refractivity contribution in [2.75, 3.05) is 0 Å². The fourth-order valence-corrected chi connectivity index (χ4v) is 2.03. The molecule has 0 saturated carbocycles. The predicted octanol–water partition coefficient (Wildman–Crippen LogP) is 1.60. The summed E-state index contributed by atoms with van der Waals surface area (Å²) < 4.78 is 0.582. The molecule has 6 nitrogen and oxygen atoms in total. The molecule has 0 aliphatic carbocycles. The van der Waals surface area contributed by atoms with E-state index in [0.29, 0.717) is 8.59 Å². The molecule has 0 aliphatic rings. The number of carbonyl (C=O) groups excluding carboxylic acids is 1. The number of benzene rings is 1. The second kappa shape index (κ2) is 6.71. The Kier molecular flexibility index (Phi) is 5.55. The fraction of sp³-hybridized carbons (Fsp3) is 0.182. The van der Waals surface area contributed by atoms with Crippen molar-refractivity contribution in [2.24, 2.45) is 0 Å². The molecule has 1 atom stereocenters. The van der Waals surface area contributed by atoms with Crippen molar-refractivity contribution in [3.8, 4) is 0 Å². The summed E-state index contributed by atoms with van der Waals surface area (Å²) in [5, 5.41) is 19.9. The van der Waals surface area contributed by atoms with Crippen molar-refractivity contribution in [3.05, 3.63) is 32.4 Å². The monoisotopic (exact) mass is 397 g/mol. The van der Waals surface area contributed by atoms with Gasteiger partial charge in [-0.25, -0.2) is 4.79 Å². The molecule has 8 heteroatoms. The Morgan fingerprint density at radius 1 is 1.32 bits per heavy atom. The molecule has 0 aromatic heterocycles. The largest absolute Gasteiger partial charge is 0.481 e. The molecule has 1 aromatic carbocycles. The van der Waals surface area contributed by atoms with Crippen LogP contribution in [0.2, 0.25) is 5.02 Å². The number of hydrogen-bond donors (Lipinski definition) is 3. The summed E-state index contributed by atoms with van der Waals surface area (Å²) in [7, 11) is 0. The highest BCUT2D eigenvalue weighted by Gasteiger charge is 2.24. The van der Waals surface area contributed by atoms with Gasteiger partial charge in [0.15, 0.2) is 0 Å². The van der Waals surface area contributed by atoms with Gasteiger partial charge < -0.3 is 15.5 Å². The smallest absolute Gasteiger partial charge is 0.326 e. The Bertz CT molecular complexity index is 534.